The molecule has 2 heterocycles. The Morgan fingerprint density at radius 1 is 1.29 bits per heavy atom. The van der Waals surface area contributed by atoms with Crippen LogP contribution in [0.2, 0.25) is 0 Å². The van der Waals surface area contributed by atoms with E-state index >= 15 is 0 Å². The Balaban J connectivity index is 2.19. The molecular weight excluding hydrogens is 303 g/mol. The van der Waals surface area contributed by atoms with Gasteiger partial charge in [0.15, 0.2) is 0 Å². The number of aryl methyl sites for hydroxylation is 2. The summed E-state index contributed by atoms with van der Waals surface area (Å²) in [6.07, 6.45) is 4.95. The second-order valence-corrected chi connectivity index (χ2v) is 6.17. The van der Waals surface area contributed by atoms with Gasteiger partial charge in [-0.3, -0.25) is 20.7 Å². The van der Waals surface area contributed by atoms with Crippen LogP contribution in [0.5, 0.6) is 0 Å². The summed E-state index contributed by atoms with van der Waals surface area (Å²) in [6, 6.07) is 4.06. The lowest BCUT2D eigenvalue weighted by Crippen LogP contribution is -2.38. The third-order valence-electron chi connectivity index (χ3n) is 4.51. The maximum absolute atomic E-state index is 14.1. The highest BCUT2D eigenvalue weighted by Gasteiger charge is 2.25. The molecular formula is C19H21FN4. The molecule has 1 aromatic heterocycles. The molecule has 5 heteroatoms. The zero-order valence-corrected chi connectivity index (χ0v) is 14.2. The fourth-order valence-corrected chi connectivity index (χ4v) is 3.46. The monoisotopic (exact) mass is 324 g/mol. The van der Waals surface area contributed by atoms with Crippen LogP contribution < -0.4 is 4.90 Å². The summed E-state index contributed by atoms with van der Waals surface area (Å²) in [4.78, 5) is 5.71. The van der Waals surface area contributed by atoms with Crippen LogP contribution in [0.4, 0.5) is 10.1 Å². The quantitative estimate of drug-likeness (QED) is 0.631. The normalized spacial score (nSPS) is 13.8. The minimum Gasteiger partial charge on any atom is -0.288 e. The second kappa shape index (κ2) is 6.15. The van der Waals surface area contributed by atoms with Gasteiger partial charge in [0.25, 0.3) is 0 Å². The van der Waals surface area contributed by atoms with E-state index in [-0.39, 0.29) is 5.82 Å². The predicted molar refractivity (Wildman–Crippen MR) is 95.7 cm³/mol. The van der Waals surface area contributed by atoms with E-state index in [1.807, 2.05) is 19.9 Å². The number of anilines is 1. The van der Waals surface area contributed by atoms with E-state index in [2.05, 4.69) is 11.1 Å². The van der Waals surface area contributed by atoms with Gasteiger partial charge in [-0.15, -0.1) is 0 Å². The fourth-order valence-electron chi connectivity index (χ4n) is 3.46. The summed E-state index contributed by atoms with van der Waals surface area (Å²) < 4.78 is 14.1. The molecule has 0 unspecified atom stereocenters. The number of nitrogens with one attached hydrogen (secondary N) is 2. The van der Waals surface area contributed by atoms with Gasteiger partial charge in [0.05, 0.1) is 11.9 Å². The van der Waals surface area contributed by atoms with Gasteiger partial charge in [-0.2, -0.15) is 0 Å². The van der Waals surface area contributed by atoms with Crippen molar-refractivity contribution >= 4 is 17.4 Å². The van der Waals surface area contributed by atoms with Crippen LogP contribution >= 0.6 is 0 Å². The van der Waals surface area contributed by atoms with Crippen molar-refractivity contribution in [2.45, 2.75) is 40.0 Å². The standard InChI is InChI=1S/C19H21FN4/c1-4-15-16(9-23-10-17(15)20)14-7-11(2)19-13(8-14)5-6-18(22)24(19)12(3)21/h7-10,21-22H,4-6H2,1-3H3. The Hall–Kier alpha value is -2.56. The van der Waals surface area contributed by atoms with Crippen molar-refractivity contribution in [2.75, 3.05) is 4.90 Å². The molecule has 1 aliphatic rings. The van der Waals surface area contributed by atoms with Crippen LogP contribution in [0, 0.1) is 23.6 Å². The Morgan fingerprint density at radius 3 is 2.71 bits per heavy atom. The second-order valence-electron chi connectivity index (χ2n) is 6.17. The Morgan fingerprint density at radius 2 is 2.04 bits per heavy atom. The smallest absolute Gasteiger partial charge is 0.145 e. The molecule has 2 N–H and O–H groups in total. The van der Waals surface area contributed by atoms with Crippen molar-refractivity contribution in [2.24, 2.45) is 0 Å². The Bertz CT molecular complexity index is 842. The van der Waals surface area contributed by atoms with Gasteiger partial charge in [0.1, 0.15) is 17.5 Å². The molecule has 124 valence electrons. The highest BCUT2D eigenvalue weighted by molar-refractivity contribution is 6.18. The molecule has 2 aromatic rings. The first-order valence-electron chi connectivity index (χ1n) is 8.13. The third-order valence-corrected chi connectivity index (χ3v) is 4.51. The molecule has 1 aliphatic heterocycles. The molecule has 0 radical (unpaired) electrons. The van der Waals surface area contributed by atoms with Gasteiger partial charge in [-0.1, -0.05) is 6.92 Å². The van der Waals surface area contributed by atoms with Gasteiger partial charge in [0.2, 0.25) is 0 Å². The summed E-state index contributed by atoms with van der Waals surface area (Å²) >= 11 is 0. The van der Waals surface area contributed by atoms with E-state index in [0.717, 1.165) is 34.4 Å². The first-order chi connectivity index (χ1) is 11.4. The molecule has 1 aromatic carbocycles. The summed E-state index contributed by atoms with van der Waals surface area (Å²) in [6.45, 7) is 5.62. The fraction of sp³-hybridized carbons (Fsp3) is 0.316. The van der Waals surface area contributed by atoms with Crippen LogP contribution in [0.3, 0.4) is 0 Å². The average molecular weight is 324 g/mol. The number of hydrogen-bond acceptors (Lipinski definition) is 3. The molecule has 24 heavy (non-hydrogen) atoms. The van der Waals surface area contributed by atoms with Crippen LogP contribution in [0.25, 0.3) is 11.1 Å². The van der Waals surface area contributed by atoms with Gasteiger partial charge >= 0.3 is 0 Å². The molecule has 4 nitrogen and oxygen atoms in total. The Kier molecular flexibility index (Phi) is 4.18. The lowest BCUT2D eigenvalue weighted by atomic mass is 9.91. The number of hydrogen-bond donors (Lipinski definition) is 2. The zero-order valence-electron chi connectivity index (χ0n) is 14.2. The molecule has 0 atom stereocenters. The zero-order chi connectivity index (χ0) is 17.4. The van der Waals surface area contributed by atoms with Crippen molar-refractivity contribution < 1.29 is 4.39 Å². The summed E-state index contributed by atoms with van der Waals surface area (Å²) in [5.41, 5.74) is 5.45. The largest absolute Gasteiger partial charge is 0.288 e. The SMILES string of the molecule is CCc1c(F)cncc1-c1cc(C)c2c(c1)CCC(=N)N2C(C)=N. The van der Waals surface area contributed by atoms with Crippen molar-refractivity contribution in [1.82, 2.24) is 4.98 Å². The molecule has 0 aliphatic carbocycles. The topological polar surface area (TPSA) is 63.8 Å². The number of aromatic nitrogens is 1. The van der Waals surface area contributed by atoms with Gasteiger partial charge < -0.3 is 0 Å². The van der Waals surface area contributed by atoms with E-state index in [0.29, 0.717) is 30.1 Å². The van der Waals surface area contributed by atoms with E-state index < -0.39 is 0 Å². The van der Waals surface area contributed by atoms with E-state index in [9.17, 15) is 4.39 Å². The summed E-state index contributed by atoms with van der Waals surface area (Å²) in [5.74, 6) is 0.523. The highest BCUT2D eigenvalue weighted by Crippen LogP contribution is 2.36. The third kappa shape index (κ3) is 2.60. The van der Waals surface area contributed by atoms with Crippen LogP contribution in [-0.4, -0.2) is 16.7 Å². The van der Waals surface area contributed by atoms with E-state index in [4.69, 9.17) is 10.8 Å². The van der Waals surface area contributed by atoms with Crippen molar-refractivity contribution in [3.63, 3.8) is 0 Å². The van der Waals surface area contributed by atoms with E-state index in [1.165, 1.54) is 6.20 Å². The average Bonchev–Trinajstić information content (AvgIpc) is 2.54. The molecule has 0 saturated heterocycles. The number of rotatable bonds is 2. The number of pyridine rings is 1. The first kappa shape index (κ1) is 16.3. The lowest BCUT2D eigenvalue weighted by Gasteiger charge is -2.32. The molecule has 0 fully saturated rings. The Labute approximate surface area is 141 Å². The minimum absolute atomic E-state index is 0.274. The minimum atomic E-state index is -0.274. The van der Waals surface area contributed by atoms with Crippen molar-refractivity contribution in [3.05, 3.63) is 47.0 Å². The van der Waals surface area contributed by atoms with Gasteiger partial charge in [-0.25, -0.2) is 4.39 Å². The molecule has 0 amide bonds. The van der Waals surface area contributed by atoms with Crippen molar-refractivity contribution in [1.29, 1.82) is 10.8 Å². The maximum Gasteiger partial charge on any atom is 0.145 e. The van der Waals surface area contributed by atoms with Crippen LogP contribution in [0.15, 0.2) is 24.5 Å². The number of fused-ring (bicyclic) bond motifs is 1. The highest BCUT2D eigenvalue weighted by atomic mass is 19.1. The first-order valence-corrected chi connectivity index (χ1v) is 8.13. The number of nitrogens with zero attached hydrogens (tertiary/aromatic N) is 2. The summed E-state index contributed by atoms with van der Waals surface area (Å²) in [5, 5.41) is 16.1. The molecule has 0 saturated carbocycles. The molecule has 0 bridgehead atoms. The van der Waals surface area contributed by atoms with Crippen LogP contribution in [0.1, 0.15) is 37.0 Å². The number of amidine groups is 2. The number of halogens is 1. The molecule has 0 spiro atoms. The van der Waals surface area contributed by atoms with E-state index in [1.54, 1.807) is 18.0 Å². The lowest BCUT2D eigenvalue weighted by molar-refractivity contribution is 0.606. The number of benzene rings is 1. The van der Waals surface area contributed by atoms with Gasteiger partial charge in [-0.05, 0) is 61.1 Å². The predicted octanol–water partition coefficient (Wildman–Crippen LogP) is 4.49. The maximum atomic E-state index is 14.1. The van der Waals surface area contributed by atoms with Crippen molar-refractivity contribution in [3.8, 4) is 11.1 Å². The summed E-state index contributed by atoms with van der Waals surface area (Å²) in [7, 11) is 0. The van der Waals surface area contributed by atoms with Gasteiger partial charge in [0, 0.05) is 18.2 Å². The van der Waals surface area contributed by atoms with Crippen LogP contribution in [-0.2, 0) is 12.8 Å². The molecule has 3 rings (SSSR count).